The molecule has 0 unspecified atom stereocenters. The highest BCUT2D eigenvalue weighted by molar-refractivity contribution is 7.13. The van der Waals surface area contributed by atoms with Crippen molar-refractivity contribution in [1.29, 1.82) is 0 Å². The Labute approximate surface area is 166 Å². The zero-order valence-electron chi connectivity index (χ0n) is 15.4. The Morgan fingerprint density at radius 2 is 2.00 bits per heavy atom. The number of imidazole rings is 1. The van der Waals surface area contributed by atoms with Gasteiger partial charge in [0.1, 0.15) is 17.0 Å². The number of nitrogens with one attached hydrogen (secondary N) is 1. The number of hydrogen-bond donors (Lipinski definition) is 1. The molecule has 0 fully saturated rings. The maximum atomic E-state index is 12.6. The SMILES string of the molecule is Cc1nc(Cc2ccccc2)sc1C(=O)NCc1ccc(-n2ccnc2)nc1. The summed E-state index contributed by atoms with van der Waals surface area (Å²) in [6.07, 6.45) is 7.74. The fourth-order valence-corrected chi connectivity index (χ4v) is 3.86. The molecule has 0 radical (unpaired) electrons. The molecule has 7 heteroatoms. The molecule has 0 spiro atoms. The first-order valence-corrected chi connectivity index (χ1v) is 9.72. The highest BCUT2D eigenvalue weighted by Gasteiger charge is 2.15. The van der Waals surface area contributed by atoms with Gasteiger partial charge in [-0.1, -0.05) is 36.4 Å². The summed E-state index contributed by atoms with van der Waals surface area (Å²) in [7, 11) is 0. The molecule has 0 aliphatic carbocycles. The van der Waals surface area contributed by atoms with Crippen molar-refractivity contribution in [1.82, 2.24) is 24.8 Å². The lowest BCUT2D eigenvalue weighted by Gasteiger charge is -2.06. The lowest BCUT2D eigenvalue weighted by molar-refractivity contribution is 0.0954. The molecule has 6 nitrogen and oxygen atoms in total. The molecule has 140 valence electrons. The van der Waals surface area contributed by atoms with Crippen LogP contribution in [0.2, 0.25) is 0 Å². The summed E-state index contributed by atoms with van der Waals surface area (Å²) >= 11 is 1.45. The van der Waals surface area contributed by atoms with Gasteiger partial charge in [-0.2, -0.15) is 0 Å². The van der Waals surface area contributed by atoms with E-state index in [-0.39, 0.29) is 5.91 Å². The van der Waals surface area contributed by atoms with Crippen LogP contribution < -0.4 is 5.32 Å². The summed E-state index contributed by atoms with van der Waals surface area (Å²) in [5.41, 5.74) is 2.89. The van der Waals surface area contributed by atoms with Crippen LogP contribution in [0, 0.1) is 6.92 Å². The first-order valence-electron chi connectivity index (χ1n) is 8.91. The average Bonchev–Trinajstić information content (AvgIpc) is 3.37. The van der Waals surface area contributed by atoms with Gasteiger partial charge in [0.2, 0.25) is 0 Å². The number of carbonyl (C=O) groups excluding carboxylic acids is 1. The van der Waals surface area contributed by atoms with E-state index in [1.165, 1.54) is 16.9 Å². The van der Waals surface area contributed by atoms with E-state index in [9.17, 15) is 4.79 Å². The third kappa shape index (κ3) is 4.15. The van der Waals surface area contributed by atoms with Gasteiger partial charge in [0.05, 0.1) is 10.7 Å². The van der Waals surface area contributed by atoms with Crippen LogP contribution >= 0.6 is 11.3 Å². The van der Waals surface area contributed by atoms with E-state index in [1.807, 2.05) is 48.0 Å². The van der Waals surface area contributed by atoms with Gasteiger partial charge in [-0.25, -0.2) is 15.0 Å². The molecule has 3 aromatic heterocycles. The minimum Gasteiger partial charge on any atom is -0.347 e. The maximum Gasteiger partial charge on any atom is 0.263 e. The van der Waals surface area contributed by atoms with Crippen molar-refractivity contribution in [3.05, 3.63) is 94.1 Å². The molecule has 0 aliphatic heterocycles. The standard InChI is InChI=1S/C21H19N5OS/c1-15-20(28-19(25-15)11-16-5-3-2-4-6-16)21(27)24-13-17-7-8-18(23-12-17)26-10-9-22-14-26/h2-10,12,14H,11,13H2,1H3,(H,24,27). The number of carbonyl (C=O) groups is 1. The second kappa shape index (κ2) is 8.14. The molecule has 28 heavy (non-hydrogen) atoms. The minimum atomic E-state index is -0.104. The van der Waals surface area contributed by atoms with Crippen molar-refractivity contribution in [3.8, 4) is 5.82 Å². The summed E-state index contributed by atoms with van der Waals surface area (Å²) in [6.45, 7) is 2.29. The summed E-state index contributed by atoms with van der Waals surface area (Å²) < 4.78 is 1.83. The lowest BCUT2D eigenvalue weighted by Crippen LogP contribution is -2.22. The minimum absolute atomic E-state index is 0.104. The fraction of sp³-hybridized carbons (Fsp3) is 0.143. The lowest BCUT2D eigenvalue weighted by atomic mass is 10.2. The molecule has 0 aliphatic rings. The van der Waals surface area contributed by atoms with Gasteiger partial charge in [0.15, 0.2) is 0 Å². The molecule has 3 heterocycles. The van der Waals surface area contributed by atoms with E-state index in [2.05, 4.69) is 32.4 Å². The molecule has 0 bridgehead atoms. The highest BCUT2D eigenvalue weighted by Crippen LogP contribution is 2.21. The van der Waals surface area contributed by atoms with Crippen molar-refractivity contribution < 1.29 is 4.79 Å². The summed E-state index contributed by atoms with van der Waals surface area (Å²) in [5, 5.41) is 3.90. The van der Waals surface area contributed by atoms with Crippen molar-refractivity contribution >= 4 is 17.2 Å². The van der Waals surface area contributed by atoms with Crippen molar-refractivity contribution in [3.63, 3.8) is 0 Å². The number of pyridine rings is 1. The first-order chi connectivity index (χ1) is 13.7. The van der Waals surface area contributed by atoms with Gasteiger partial charge in [-0.15, -0.1) is 11.3 Å². The number of aromatic nitrogens is 4. The van der Waals surface area contributed by atoms with Crippen LogP contribution in [0.1, 0.15) is 31.5 Å². The molecule has 0 saturated heterocycles. The van der Waals surface area contributed by atoms with Crippen LogP contribution in [0.5, 0.6) is 0 Å². The van der Waals surface area contributed by atoms with Crippen molar-refractivity contribution in [2.75, 3.05) is 0 Å². The van der Waals surface area contributed by atoms with Gasteiger partial charge in [-0.3, -0.25) is 9.36 Å². The topological polar surface area (TPSA) is 72.7 Å². The summed E-state index contributed by atoms with van der Waals surface area (Å²) in [5.74, 6) is 0.685. The monoisotopic (exact) mass is 389 g/mol. The number of rotatable bonds is 6. The molecule has 1 amide bonds. The van der Waals surface area contributed by atoms with Gasteiger partial charge in [0.25, 0.3) is 5.91 Å². The Balaban J connectivity index is 1.38. The van der Waals surface area contributed by atoms with Gasteiger partial charge in [0, 0.05) is 31.6 Å². The summed E-state index contributed by atoms with van der Waals surface area (Å²) in [6, 6.07) is 14.0. The number of hydrogen-bond acceptors (Lipinski definition) is 5. The zero-order valence-corrected chi connectivity index (χ0v) is 16.2. The molecule has 4 rings (SSSR count). The number of thiazole rings is 1. The molecule has 0 saturated carbocycles. The maximum absolute atomic E-state index is 12.6. The predicted molar refractivity (Wildman–Crippen MR) is 109 cm³/mol. The van der Waals surface area contributed by atoms with E-state index in [0.29, 0.717) is 11.4 Å². The van der Waals surface area contributed by atoms with E-state index in [0.717, 1.165) is 28.5 Å². The Bertz CT molecular complexity index is 1060. The second-order valence-electron chi connectivity index (χ2n) is 6.36. The van der Waals surface area contributed by atoms with Crippen LogP contribution in [0.25, 0.3) is 5.82 Å². The van der Waals surface area contributed by atoms with Crippen molar-refractivity contribution in [2.45, 2.75) is 19.9 Å². The van der Waals surface area contributed by atoms with Crippen LogP contribution in [0.15, 0.2) is 67.4 Å². The Morgan fingerprint density at radius 1 is 1.14 bits per heavy atom. The zero-order chi connectivity index (χ0) is 19.3. The van der Waals surface area contributed by atoms with E-state index < -0.39 is 0 Å². The van der Waals surface area contributed by atoms with Crippen LogP contribution in [0.3, 0.4) is 0 Å². The molecular weight excluding hydrogens is 370 g/mol. The number of amides is 1. The van der Waals surface area contributed by atoms with E-state index >= 15 is 0 Å². The third-order valence-electron chi connectivity index (χ3n) is 4.28. The smallest absolute Gasteiger partial charge is 0.263 e. The normalized spacial score (nSPS) is 10.8. The Kier molecular flexibility index (Phi) is 5.25. The predicted octanol–water partition coefficient (Wildman–Crippen LogP) is 3.55. The third-order valence-corrected chi connectivity index (χ3v) is 5.43. The molecular formula is C21H19N5OS. The first kappa shape index (κ1) is 18.1. The van der Waals surface area contributed by atoms with Gasteiger partial charge < -0.3 is 5.32 Å². The van der Waals surface area contributed by atoms with E-state index in [1.54, 1.807) is 18.7 Å². The van der Waals surface area contributed by atoms with Crippen LogP contribution in [0.4, 0.5) is 0 Å². The Hall–Kier alpha value is -3.32. The second-order valence-corrected chi connectivity index (χ2v) is 7.45. The summed E-state index contributed by atoms with van der Waals surface area (Å²) in [4.78, 5) is 26.2. The number of nitrogens with zero attached hydrogens (tertiary/aromatic N) is 4. The quantitative estimate of drug-likeness (QED) is 0.547. The van der Waals surface area contributed by atoms with Crippen LogP contribution in [-0.2, 0) is 13.0 Å². The molecule has 1 N–H and O–H groups in total. The molecule has 4 aromatic rings. The number of benzene rings is 1. The molecule has 0 atom stereocenters. The highest BCUT2D eigenvalue weighted by atomic mass is 32.1. The van der Waals surface area contributed by atoms with Crippen LogP contribution in [-0.4, -0.2) is 25.4 Å². The average molecular weight is 389 g/mol. The molecule has 1 aromatic carbocycles. The van der Waals surface area contributed by atoms with Gasteiger partial charge in [-0.05, 0) is 24.1 Å². The fourth-order valence-electron chi connectivity index (χ4n) is 2.84. The largest absolute Gasteiger partial charge is 0.347 e. The van der Waals surface area contributed by atoms with E-state index in [4.69, 9.17) is 0 Å². The Morgan fingerprint density at radius 3 is 2.71 bits per heavy atom. The van der Waals surface area contributed by atoms with Crippen molar-refractivity contribution in [2.24, 2.45) is 0 Å². The van der Waals surface area contributed by atoms with Gasteiger partial charge >= 0.3 is 0 Å². The number of aryl methyl sites for hydroxylation is 1.